The third-order valence-corrected chi connectivity index (χ3v) is 3.55. The van der Waals surface area contributed by atoms with E-state index in [1.807, 2.05) is 18.2 Å². The third-order valence-electron chi connectivity index (χ3n) is 3.02. The number of rotatable bonds is 4. The first-order valence-electron chi connectivity index (χ1n) is 6.05. The summed E-state index contributed by atoms with van der Waals surface area (Å²) in [4.78, 5) is 11.7. The average molecular weight is 253 g/mol. The zero-order valence-corrected chi connectivity index (χ0v) is 10.8. The lowest BCUT2D eigenvalue weighted by atomic mass is 9.90. The molecule has 92 valence electrons. The van der Waals surface area contributed by atoms with Crippen molar-refractivity contribution in [1.29, 1.82) is 0 Å². The van der Waals surface area contributed by atoms with E-state index in [4.69, 9.17) is 16.3 Å². The summed E-state index contributed by atoms with van der Waals surface area (Å²) < 4.78 is 5.66. The van der Waals surface area contributed by atoms with Crippen LogP contribution in [-0.4, -0.2) is 18.3 Å². The number of ether oxygens (including phenoxy) is 1. The summed E-state index contributed by atoms with van der Waals surface area (Å²) >= 11 is 5.73. The van der Waals surface area contributed by atoms with Gasteiger partial charge in [0.15, 0.2) is 5.78 Å². The Labute approximate surface area is 107 Å². The fourth-order valence-corrected chi connectivity index (χ4v) is 2.08. The molecule has 0 saturated carbocycles. The number of benzene rings is 1. The van der Waals surface area contributed by atoms with E-state index in [-0.39, 0.29) is 5.78 Å². The van der Waals surface area contributed by atoms with Gasteiger partial charge >= 0.3 is 0 Å². The van der Waals surface area contributed by atoms with Crippen molar-refractivity contribution >= 4 is 17.4 Å². The van der Waals surface area contributed by atoms with Gasteiger partial charge in [-0.15, -0.1) is 11.6 Å². The van der Waals surface area contributed by atoms with Crippen molar-refractivity contribution in [3.8, 4) is 5.75 Å². The quantitative estimate of drug-likeness (QED) is 0.767. The molecule has 1 aliphatic rings. The maximum atomic E-state index is 11.7. The molecule has 17 heavy (non-hydrogen) atoms. The molecule has 3 heteroatoms. The van der Waals surface area contributed by atoms with Crippen molar-refractivity contribution in [2.45, 2.75) is 26.2 Å². The molecule has 0 N–H and O–H groups in total. The second kappa shape index (κ2) is 5.54. The lowest BCUT2D eigenvalue weighted by molar-refractivity contribution is 0.0972. The molecule has 0 aromatic heterocycles. The Kier molecular flexibility index (Phi) is 4.06. The van der Waals surface area contributed by atoms with Gasteiger partial charge in [0, 0.05) is 23.8 Å². The molecule has 2 nitrogen and oxygen atoms in total. The summed E-state index contributed by atoms with van der Waals surface area (Å²) in [5, 5.41) is 0. The predicted octanol–water partition coefficient (Wildman–Crippen LogP) is 3.46. The van der Waals surface area contributed by atoms with E-state index in [0.717, 1.165) is 29.7 Å². The van der Waals surface area contributed by atoms with E-state index in [0.29, 0.717) is 24.8 Å². The van der Waals surface area contributed by atoms with Crippen molar-refractivity contribution in [3.63, 3.8) is 0 Å². The van der Waals surface area contributed by atoms with Gasteiger partial charge in [0.1, 0.15) is 5.75 Å². The zero-order valence-electron chi connectivity index (χ0n) is 10.0. The highest BCUT2D eigenvalue weighted by molar-refractivity contribution is 6.18. The van der Waals surface area contributed by atoms with Gasteiger partial charge in [-0.3, -0.25) is 4.79 Å². The number of carbonyl (C=O) groups is 1. The predicted molar refractivity (Wildman–Crippen MR) is 69.1 cm³/mol. The molecular formula is C14H17ClO2. The Morgan fingerprint density at radius 3 is 3.00 bits per heavy atom. The van der Waals surface area contributed by atoms with Gasteiger partial charge < -0.3 is 4.74 Å². The first-order valence-corrected chi connectivity index (χ1v) is 6.59. The van der Waals surface area contributed by atoms with Gasteiger partial charge in [0.25, 0.3) is 0 Å². The highest BCUT2D eigenvalue weighted by atomic mass is 35.5. The summed E-state index contributed by atoms with van der Waals surface area (Å²) in [6.45, 7) is 2.67. The maximum Gasteiger partial charge on any atom is 0.163 e. The van der Waals surface area contributed by atoms with E-state index in [9.17, 15) is 4.79 Å². The minimum atomic E-state index is 0.256. The minimum absolute atomic E-state index is 0.256. The van der Waals surface area contributed by atoms with E-state index >= 15 is 0 Å². The largest absolute Gasteiger partial charge is 0.493 e. The lowest BCUT2D eigenvalue weighted by Crippen LogP contribution is -2.12. The molecule has 0 spiro atoms. The standard InChI is InChI=1S/C14H17ClO2/c1-10(8-15)9-17-12-5-6-13-11(7-12)3-2-4-14(13)16/h5-7,10H,2-4,8-9H2,1H3. The van der Waals surface area contributed by atoms with Gasteiger partial charge in [-0.25, -0.2) is 0 Å². The molecule has 1 aromatic rings. The lowest BCUT2D eigenvalue weighted by Gasteiger charge is -2.16. The molecule has 1 unspecified atom stereocenters. The van der Waals surface area contributed by atoms with Gasteiger partial charge in [-0.05, 0) is 36.6 Å². The van der Waals surface area contributed by atoms with Crippen LogP contribution in [0.5, 0.6) is 5.75 Å². The van der Waals surface area contributed by atoms with E-state index in [1.54, 1.807) is 0 Å². The number of hydrogen-bond donors (Lipinski definition) is 0. The number of aryl methyl sites for hydroxylation is 1. The molecule has 1 atom stereocenters. The minimum Gasteiger partial charge on any atom is -0.493 e. The van der Waals surface area contributed by atoms with Crippen LogP contribution >= 0.6 is 11.6 Å². The summed E-state index contributed by atoms with van der Waals surface area (Å²) in [7, 11) is 0. The van der Waals surface area contributed by atoms with Crippen LogP contribution in [0.2, 0.25) is 0 Å². The molecule has 1 aromatic carbocycles. The van der Waals surface area contributed by atoms with Crippen molar-refractivity contribution < 1.29 is 9.53 Å². The van der Waals surface area contributed by atoms with Crippen LogP contribution in [0.15, 0.2) is 18.2 Å². The Morgan fingerprint density at radius 2 is 2.24 bits per heavy atom. The van der Waals surface area contributed by atoms with Crippen LogP contribution in [0.25, 0.3) is 0 Å². The van der Waals surface area contributed by atoms with Crippen molar-refractivity contribution in [2.75, 3.05) is 12.5 Å². The van der Waals surface area contributed by atoms with Crippen molar-refractivity contribution in [2.24, 2.45) is 5.92 Å². The second-order valence-corrected chi connectivity index (χ2v) is 4.97. The van der Waals surface area contributed by atoms with Crippen LogP contribution in [0.4, 0.5) is 0 Å². The fourth-order valence-electron chi connectivity index (χ4n) is 2.00. The Balaban J connectivity index is 2.08. The summed E-state index contributed by atoms with van der Waals surface area (Å²) in [5.74, 6) is 2.04. The summed E-state index contributed by atoms with van der Waals surface area (Å²) in [6.07, 6.45) is 2.60. The smallest absolute Gasteiger partial charge is 0.163 e. The first kappa shape index (κ1) is 12.4. The van der Waals surface area contributed by atoms with Gasteiger partial charge in [0.05, 0.1) is 6.61 Å². The van der Waals surface area contributed by atoms with Gasteiger partial charge in [0.2, 0.25) is 0 Å². The van der Waals surface area contributed by atoms with Crippen LogP contribution in [0, 0.1) is 5.92 Å². The number of halogens is 1. The summed E-state index contributed by atoms with van der Waals surface area (Å²) in [5.41, 5.74) is 1.99. The highest BCUT2D eigenvalue weighted by Crippen LogP contribution is 2.25. The Bertz CT molecular complexity index is 415. The molecule has 2 rings (SSSR count). The molecule has 1 aliphatic carbocycles. The third kappa shape index (κ3) is 3.01. The molecule has 0 radical (unpaired) electrons. The Hall–Kier alpha value is -1.02. The van der Waals surface area contributed by atoms with Crippen molar-refractivity contribution in [1.82, 2.24) is 0 Å². The van der Waals surface area contributed by atoms with Crippen molar-refractivity contribution in [3.05, 3.63) is 29.3 Å². The van der Waals surface area contributed by atoms with Crippen LogP contribution in [-0.2, 0) is 6.42 Å². The van der Waals surface area contributed by atoms with Crippen LogP contribution < -0.4 is 4.74 Å². The average Bonchev–Trinajstić information content (AvgIpc) is 2.36. The second-order valence-electron chi connectivity index (χ2n) is 4.67. The monoisotopic (exact) mass is 252 g/mol. The molecule has 0 heterocycles. The van der Waals surface area contributed by atoms with E-state index in [1.165, 1.54) is 0 Å². The number of fused-ring (bicyclic) bond motifs is 1. The number of Topliss-reactive ketones (excluding diaryl/α,β-unsaturated/α-hetero) is 1. The molecule has 0 fully saturated rings. The molecule has 0 bridgehead atoms. The highest BCUT2D eigenvalue weighted by Gasteiger charge is 2.17. The molecule has 0 saturated heterocycles. The number of carbonyl (C=O) groups excluding carboxylic acids is 1. The topological polar surface area (TPSA) is 26.3 Å². The molecule has 0 amide bonds. The number of hydrogen-bond acceptors (Lipinski definition) is 2. The number of alkyl halides is 1. The molecular weight excluding hydrogens is 236 g/mol. The van der Waals surface area contributed by atoms with Crippen LogP contribution in [0.3, 0.4) is 0 Å². The van der Waals surface area contributed by atoms with E-state index in [2.05, 4.69) is 6.92 Å². The van der Waals surface area contributed by atoms with Gasteiger partial charge in [-0.1, -0.05) is 6.92 Å². The SMILES string of the molecule is CC(CCl)COc1ccc2c(c1)CCCC2=O. The molecule has 0 aliphatic heterocycles. The summed E-state index contributed by atoms with van der Waals surface area (Å²) in [6, 6.07) is 5.76. The van der Waals surface area contributed by atoms with Gasteiger partial charge in [-0.2, -0.15) is 0 Å². The number of ketones is 1. The van der Waals surface area contributed by atoms with Crippen LogP contribution in [0.1, 0.15) is 35.7 Å². The maximum absolute atomic E-state index is 11.7. The normalized spacial score (nSPS) is 16.5. The zero-order chi connectivity index (χ0) is 12.3. The fraction of sp³-hybridized carbons (Fsp3) is 0.500. The first-order chi connectivity index (χ1) is 8.20. The van der Waals surface area contributed by atoms with E-state index < -0.39 is 0 Å². The Morgan fingerprint density at radius 1 is 1.41 bits per heavy atom.